The molecule has 0 spiro atoms. The molecule has 0 saturated carbocycles. The largest absolute Gasteiger partial charge is 0.492 e. The van der Waals surface area contributed by atoms with Gasteiger partial charge in [-0.3, -0.25) is 0 Å². The van der Waals surface area contributed by atoms with E-state index in [2.05, 4.69) is 18.7 Å². The van der Waals surface area contributed by atoms with Gasteiger partial charge in [0, 0.05) is 12.6 Å². The number of benzene rings is 1. The van der Waals surface area contributed by atoms with Crippen LogP contribution in [0.3, 0.4) is 0 Å². The molecule has 0 atom stereocenters. The van der Waals surface area contributed by atoms with Gasteiger partial charge in [-0.2, -0.15) is 0 Å². The van der Waals surface area contributed by atoms with Gasteiger partial charge >= 0.3 is 0 Å². The Hall–Kier alpha value is -1.09. The van der Waals surface area contributed by atoms with Crippen molar-refractivity contribution in [2.45, 2.75) is 20.8 Å². The zero-order valence-corrected chi connectivity index (χ0v) is 10.3. The number of aryl methyl sites for hydroxylation is 1. The minimum absolute atomic E-state index is 0.247. The molecule has 0 unspecified atom stereocenters. The standard InChI is InChI=1S/C13H20FNO/c1-4-15(5-2)8-9-16-13-10-12(14)7-6-11(13)3/h6-7,10H,4-5,8-9H2,1-3H3. The van der Waals surface area contributed by atoms with Crippen LogP contribution >= 0.6 is 0 Å². The highest BCUT2D eigenvalue weighted by atomic mass is 19.1. The van der Waals surface area contributed by atoms with Gasteiger partial charge in [0.25, 0.3) is 0 Å². The summed E-state index contributed by atoms with van der Waals surface area (Å²) in [5, 5.41) is 0. The number of halogens is 1. The van der Waals surface area contributed by atoms with Crippen molar-refractivity contribution in [2.24, 2.45) is 0 Å². The molecule has 16 heavy (non-hydrogen) atoms. The van der Waals surface area contributed by atoms with Crippen molar-refractivity contribution in [1.29, 1.82) is 0 Å². The molecule has 3 heteroatoms. The van der Waals surface area contributed by atoms with Crippen LogP contribution in [-0.2, 0) is 0 Å². The van der Waals surface area contributed by atoms with Crippen molar-refractivity contribution in [3.63, 3.8) is 0 Å². The Labute approximate surface area is 97.0 Å². The van der Waals surface area contributed by atoms with E-state index in [1.807, 2.05) is 6.92 Å². The highest BCUT2D eigenvalue weighted by molar-refractivity contribution is 5.32. The van der Waals surface area contributed by atoms with Crippen LogP contribution in [0.2, 0.25) is 0 Å². The molecule has 1 rings (SSSR count). The van der Waals surface area contributed by atoms with Crippen molar-refractivity contribution in [1.82, 2.24) is 4.90 Å². The van der Waals surface area contributed by atoms with Crippen LogP contribution in [0.5, 0.6) is 5.75 Å². The van der Waals surface area contributed by atoms with Crippen LogP contribution < -0.4 is 4.74 Å². The molecule has 0 bridgehead atoms. The first-order chi connectivity index (χ1) is 7.67. The van der Waals surface area contributed by atoms with Gasteiger partial charge in [0.2, 0.25) is 0 Å². The fraction of sp³-hybridized carbons (Fsp3) is 0.538. The van der Waals surface area contributed by atoms with Crippen molar-refractivity contribution in [3.05, 3.63) is 29.6 Å². The van der Waals surface area contributed by atoms with E-state index in [1.54, 1.807) is 6.07 Å². The van der Waals surface area contributed by atoms with Gasteiger partial charge in [0.05, 0.1) is 0 Å². The second-order valence-electron chi connectivity index (χ2n) is 3.79. The molecular weight excluding hydrogens is 205 g/mol. The lowest BCUT2D eigenvalue weighted by Gasteiger charge is -2.18. The Kier molecular flexibility index (Phi) is 5.26. The summed E-state index contributed by atoms with van der Waals surface area (Å²) in [5.74, 6) is 0.399. The van der Waals surface area contributed by atoms with Gasteiger partial charge in [-0.15, -0.1) is 0 Å². The predicted octanol–water partition coefficient (Wildman–Crippen LogP) is 2.85. The third-order valence-electron chi connectivity index (χ3n) is 2.71. The lowest BCUT2D eigenvalue weighted by Crippen LogP contribution is -2.28. The molecule has 0 fully saturated rings. The molecule has 0 radical (unpaired) electrons. The summed E-state index contributed by atoms with van der Waals surface area (Å²) in [6, 6.07) is 4.63. The summed E-state index contributed by atoms with van der Waals surface area (Å²) in [7, 11) is 0. The van der Waals surface area contributed by atoms with Crippen molar-refractivity contribution >= 4 is 0 Å². The number of rotatable bonds is 6. The van der Waals surface area contributed by atoms with Gasteiger partial charge in [-0.1, -0.05) is 19.9 Å². The van der Waals surface area contributed by atoms with Crippen LogP contribution in [-0.4, -0.2) is 31.1 Å². The van der Waals surface area contributed by atoms with E-state index in [0.29, 0.717) is 12.4 Å². The third-order valence-corrected chi connectivity index (χ3v) is 2.71. The first-order valence-electron chi connectivity index (χ1n) is 5.78. The maximum absolute atomic E-state index is 13.0. The molecule has 0 aliphatic rings. The molecule has 0 aliphatic carbocycles. The van der Waals surface area contributed by atoms with Gasteiger partial charge < -0.3 is 9.64 Å². The topological polar surface area (TPSA) is 12.5 Å². The zero-order chi connectivity index (χ0) is 12.0. The number of hydrogen-bond donors (Lipinski definition) is 0. The van der Waals surface area contributed by atoms with E-state index in [4.69, 9.17) is 4.74 Å². The lowest BCUT2D eigenvalue weighted by molar-refractivity contribution is 0.221. The number of likely N-dealkylation sites (N-methyl/N-ethyl adjacent to an activating group) is 1. The van der Waals surface area contributed by atoms with Crippen LogP contribution in [0.4, 0.5) is 4.39 Å². The summed E-state index contributed by atoms with van der Waals surface area (Å²) >= 11 is 0. The third kappa shape index (κ3) is 3.81. The molecular formula is C13H20FNO. The van der Waals surface area contributed by atoms with Crippen molar-refractivity contribution in [3.8, 4) is 5.75 Å². The predicted molar refractivity (Wildman–Crippen MR) is 64.4 cm³/mol. The summed E-state index contributed by atoms with van der Waals surface area (Å²) in [6.07, 6.45) is 0. The fourth-order valence-electron chi connectivity index (χ4n) is 1.55. The van der Waals surface area contributed by atoms with Crippen molar-refractivity contribution < 1.29 is 9.13 Å². The maximum Gasteiger partial charge on any atom is 0.126 e. The first-order valence-corrected chi connectivity index (χ1v) is 5.78. The monoisotopic (exact) mass is 225 g/mol. The van der Waals surface area contributed by atoms with E-state index >= 15 is 0 Å². The SMILES string of the molecule is CCN(CC)CCOc1cc(F)ccc1C. The molecule has 90 valence electrons. The molecule has 0 aromatic heterocycles. The van der Waals surface area contributed by atoms with E-state index in [9.17, 15) is 4.39 Å². The molecule has 0 aliphatic heterocycles. The summed E-state index contributed by atoms with van der Waals surface area (Å²) in [6.45, 7) is 9.68. The minimum Gasteiger partial charge on any atom is -0.492 e. The Morgan fingerprint density at radius 3 is 2.56 bits per heavy atom. The highest BCUT2D eigenvalue weighted by Gasteiger charge is 2.03. The number of nitrogens with zero attached hydrogens (tertiary/aromatic N) is 1. The van der Waals surface area contributed by atoms with Gasteiger partial charge in [0.1, 0.15) is 18.2 Å². The van der Waals surface area contributed by atoms with E-state index in [1.165, 1.54) is 12.1 Å². The Morgan fingerprint density at radius 2 is 1.94 bits per heavy atom. The number of ether oxygens (including phenoxy) is 1. The summed E-state index contributed by atoms with van der Waals surface area (Å²) in [5.41, 5.74) is 0.973. The van der Waals surface area contributed by atoms with E-state index in [0.717, 1.165) is 25.2 Å². The Bertz CT molecular complexity index is 324. The van der Waals surface area contributed by atoms with Gasteiger partial charge in [-0.25, -0.2) is 4.39 Å². The molecule has 0 heterocycles. The lowest BCUT2D eigenvalue weighted by atomic mass is 10.2. The van der Waals surface area contributed by atoms with Gasteiger partial charge in [-0.05, 0) is 31.6 Å². The van der Waals surface area contributed by atoms with Crippen LogP contribution in [0.1, 0.15) is 19.4 Å². The quantitative estimate of drug-likeness (QED) is 0.738. The summed E-state index contributed by atoms with van der Waals surface area (Å²) in [4.78, 5) is 2.27. The molecule has 0 amide bonds. The average Bonchev–Trinajstić information content (AvgIpc) is 2.29. The molecule has 1 aromatic rings. The van der Waals surface area contributed by atoms with Crippen LogP contribution in [0.25, 0.3) is 0 Å². The smallest absolute Gasteiger partial charge is 0.126 e. The van der Waals surface area contributed by atoms with Crippen LogP contribution in [0, 0.1) is 12.7 Å². The van der Waals surface area contributed by atoms with Crippen LogP contribution in [0.15, 0.2) is 18.2 Å². The second kappa shape index (κ2) is 6.48. The minimum atomic E-state index is -0.247. The Morgan fingerprint density at radius 1 is 1.25 bits per heavy atom. The summed E-state index contributed by atoms with van der Waals surface area (Å²) < 4.78 is 18.5. The van der Waals surface area contributed by atoms with Crippen molar-refractivity contribution in [2.75, 3.05) is 26.2 Å². The normalized spacial score (nSPS) is 10.8. The molecule has 2 nitrogen and oxygen atoms in total. The van der Waals surface area contributed by atoms with Gasteiger partial charge in [0.15, 0.2) is 0 Å². The van der Waals surface area contributed by atoms with E-state index in [-0.39, 0.29) is 5.82 Å². The molecule has 0 saturated heterocycles. The molecule has 1 aromatic carbocycles. The maximum atomic E-state index is 13.0. The average molecular weight is 225 g/mol. The zero-order valence-electron chi connectivity index (χ0n) is 10.3. The highest BCUT2D eigenvalue weighted by Crippen LogP contribution is 2.18. The second-order valence-corrected chi connectivity index (χ2v) is 3.79. The Balaban J connectivity index is 2.45. The van der Waals surface area contributed by atoms with E-state index < -0.39 is 0 Å². The first kappa shape index (κ1) is 13.0. The fourth-order valence-corrected chi connectivity index (χ4v) is 1.55. The molecule has 0 N–H and O–H groups in total. The number of hydrogen-bond acceptors (Lipinski definition) is 2.